The molecule has 1 aliphatic carbocycles. The van der Waals surface area contributed by atoms with E-state index in [9.17, 15) is 4.79 Å². The molecule has 3 heteroatoms. The van der Waals surface area contributed by atoms with Crippen LogP contribution in [0, 0.1) is 5.92 Å². The third-order valence-electron chi connectivity index (χ3n) is 3.49. The highest BCUT2D eigenvalue weighted by atomic mass is 16.2. The van der Waals surface area contributed by atoms with Crippen molar-refractivity contribution in [2.24, 2.45) is 11.7 Å². The Bertz CT molecular complexity index is 218. The number of hydrogen-bond donors (Lipinski definition) is 2. The van der Waals surface area contributed by atoms with Gasteiger partial charge < -0.3 is 11.1 Å². The predicted octanol–water partition coefficient (Wildman–Crippen LogP) is 2.20. The summed E-state index contributed by atoms with van der Waals surface area (Å²) in [6.45, 7) is 4.38. The Morgan fingerprint density at radius 2 is 2.25 bits per heavy atom. The second kappa shape index (κ2) is 6.89. The average Bonchev–Trinajstić information content (AvgIpc) is 2.25. The molecule has 3 nitrogen and oxygen atoms in total. The van der Waals surface area contributed by atoms with Crippen LogP contribution in [0.2, 0.25) is 0 Å². The predicted molar refractivity (Wildman–Crippen MR) is 67.1 cm³/mol. The van der Waals surface area contributed by atoms with Crippen LogP contribution in [-0.2, 0) is 4.79 Å². The van der Waals surface area contributed by atoms with E-state index in [4.69, 9.17) is 5.73 Å². The molecule has 1 rings (SSSR count). The highest BCUT2D eigenvalue weighted by molar-refractivity contribution is 5.81. The molecule has 94 valence electrons. The van der Waals surface area contributed by atoms with Gasteiger partial charge in [-0.15, -0.1) is 0 Å². The van der Waals surface area contributed by atoms with E-state index in [0.717, 1.165) is 38.0 Å². The fourth-order valence-electron chi connectivity index (χ4n) is 2.43. The van der Waals surface area contributed by atoms with Gasteiger partial charge in [-0.05, 0) is 25.2 Å². The highest BCUT2D eigenvalue weighted by Crippen LogP contribution is 2.23. The van der Waals surface area contributed by atoms with Gasteiger partial charge in [-0.2, -0.15) is 0 Å². The Kier molecular flexibility index (Phi) is 5.81. The standard InChI is InChI=1S/C13H26N2O/c1-3-4-8-12(14)13(16)15-11-7-5-6-10(2)9-11/h10-12H,3-9,14H2,1-2H3,(H,15,16)/t10-,11-,12+/m1/s1. The zero-order valence-corrected chi connectivity index (χ0v) is 10.7. The Morgan fingerprint density at radius 1 is 1.50 bits per heavy atom. The zero-order chi connectivity index (χ0) is 12.0. The monoisotopic (exact) mass is 226 g/mol. The average molecular weight is 226 g/mol. The van der Waals surface area contributed by atoms with Crippen LogP contribution < -0.4 is 11.1 Å². The summed E-state index contributed by atoms with van der Waals surface area (Å²) in [6, 6.07) is 0.0566. The molecule has 3 N–H and O–H groups in total. The van der Waals surface area contributed by atoms with Crippen LogP contribution >= 0.6 is 0 Å². The van der Waals surface area contributed by atoms with Crippen molar-refractivity contribution in [3.8, 4) is 0 Å². The first kappa shape index (κ1) is 13.5. The first-order valence-electron chi connectivity index (χ1n) is 6.69. The van der Waals surface area contributed by atoms with Crippen molar-refractivity contribution in [3.05, 3.63) is 0 Å². The molecule has 0 bridgehead atoms. The lowest BCUT2D eigenvalue weighted by molar-refractivity contribution is -0.123. The highest BCUT2D eigenvalue weighted by Gasteiger charge is 2.22. The number of hydrogen-bond acceptors (Lipinski definition) is 2. The Hall–Kier alpha value is -0.570. The van der Waals surface area contributed by atoms with Crippen LogP contribution in [0.3, 0.4) is 0 Å². The van der Waals surface area contributed by atoms with Crippen molar-refractivity contribution in [2.75, 3.05) is 0 Å². The van der Waals surface area contributed by atoms with Crippen molar-refractivity contribution < 1.29 is 4.79 Å². The topological polar surface area (TPSA) is 55.1 Å². The van der Waals surface area contributed by atoms with E-state index in [1.807, 2.05) is 0 Å². The molecule has 1 aliphatic rings. The molecular weight excluding hydrogens is 200 g/mol. The van der Waals surface area contributed by atoms with E-state index in [1.165, 1.54) is 12.8 Å². The van der Waals surface area contributed by atoms with E-state index in [0.29, 0.717) is 6.04 Å². The molecule has 0 heterocycles. The van der Waals surface area contributed by atoms with Crippen molar-refractivity contribution in [2.45, 2.75) is 70.9 Å². The maximum Gasteiger partial charge on any atom is 0.237 e. The van der Waals surface area contributed by atoms with Gasteiger partial charge in [-0.1, -0.05) is 39.5 Å². The van der Waals surface area contributed by atoms with Gasteiger partial charge in [-0.3, -0.25) is 4.79 Å². The summed E-state index contributed by atoms with van der Waals surface area (Å²) in [5, 5.41) is 3.09. The van der Waals surface area contributed by atoms with Crippen molar-refractivity contribution >= 4 is 5.91 Å². The molecule has 0 aromatic rings. The second-order valence-electron chi connectivity index (χ2n) is 5.23. The quantitative estimate of drug-likeness (QED) is 0.755. The smallest absolute Gasteiger partial charge is 0.237 e. The van der Waals surface area contributed by atoms with Gasteiger partial charge in [0.1, 0.15) is 0 Å². The lowest BCUT2D eigenvalue weighted by Crippen LogP contribution is -2.46. The molecule has 16 heavy (non-hydrogen) atoms. The van der Waals surface area contributed by atoms with Crippen molar-refractivity contribution in [3.63, 3.8) is 0 Å². The third kappa shape index (κ3) is 4.52. The van der Waals surface area contributed by atoms with Gasteiger partial charge in [0.2, 0.25) is 5.91 Å². The number of carbonyl (C=O) groups is 1. The van der Waals surface area contributed by atoms with E-state index < -0.39 is 0 Å². The Morgan fingerprint density at radius 3 is 2.88 bits per heavy atom. The molecule has 1 fully saturated rings. The molecule has 0 aromatic heterocycles. The number of nitrogens with one attached hydrogen (secondary N) is 1. The number of carbonyl (C=O) groups excluding carboxylic acids is 1. The van der Waals surface area contributed by atoms with Crippen LogP contribution in [0.5, 0.6) is 0 Å². The molecule has 0 aromatic carbocycles. The summed E-state index contributed by atoms with van der Waals surface area (Å²) in [4.78, 5) is 11.8. The van der Waals surface area contributed by atoms with Crippen LogP contribution in [-0.4, -0.2) is 18.0 Å². The largest absolute Gasteiger partial charge is 0.352 e. The van der Waals surface area contributed by atoms with E-state index in [-0.39, 0.29) is 11.9 Å². The Balaban J connectivity index is 2.26. The SMILES string of the molecule is CCCC[C@H](N)C(=O)N[C@@H]1CCC[C@@H](C)C1. The van der Waals surface area contributed by atoms with Gasteiger partial charge in [-0.25, -0.2) is 0 Å². The van der Waals surface area contributed by atoms with E-state index >= 15 is 0 Å². The summed E-state index contributed by atoms with van der Waals surface area (Å²) >= 11 is 0. The summed E-state index contributed by atoms with van der Waals surface area (Å²) < 4.78 is 0. The first-order chi connectivity index (χ1) is 7.63. The Labute approximate surface area is 99.2 Å². The fraction of sp³-hybridized carbons (Fsp3) is 0.923. The lowest BCUT2D eigenvalue weighted by Gasteiger charge is -2.28. The lowest BCUT2D eigenvalue weighted by atomic mass is 9.87. The molecular formula is C13H26N2O. The number of amides is 1. The van der Waals surface area contributed by atoms with Crippen LogP contribution in [0.1, 0.15) is 58.8 Å². The van der Waals surface area contributed by atoms with Gasteiger partial charge >= 0.3 is 0 Å². The van der Waals surface area contributed by atoms with Gasteiger partial charge in [0, 0.05) is 6.04 Å². The molecule has 0 spiro atoms. The number of rotatable bonds is 5. The molecule has 0 radical (unpaired) electrons. The summed E-state index contributed by atoms with van der Waals surface area (Å²) in [6.07, 6.45) is 7.72. The third-order valence-corrected chi connectivity index (χ3v) is 3.49. The molecule has 1 saturated carbocycles. The summed E-state index contributed by atoms with van der Waals surface area (Å²) in [7, 11) is 0. The molecule has 1 amide bonds. The minimum Gasteiger partial charge on any atom is -0.352 e. The van der Waals surface area contributed by atoms with Gasteiger partial charge in [0.25, 0.3) is 0 Å². The molecule has 0 saturated heterocycles. The molecule has 0 aliphatic heterocycles. The van der Waals surface area contributed by atoms with Crippen molar-refractivity contribution in [1.29, 1.82) is 0 Å². The summed E-state index contributed by atoms with van der Waals surface area (Å²) in [5.41, 5.74) is 5.84. The maximum absolute atomic E-state index is 11.8. The van der Waals surface area contributed by atoms with Crippen molar-refractivity contribution in [1.82, 2.24) is 5.32 Å². The second-order valence-corrected chi connectivity index (χ2v) is 5.23. The minimum absolute atomic E-state index is 0.0487. The van der Waals surface area contributed by atoms with E-state index in [1.54, 1.807) is 0 Å². The molecule has 3 atom stereocenters. The fourth-order valence-corrected chi connectivity index (χ4v) is 2.43. The van der Waals surface area contributed by atoms with Crippen LogP contribution in [0.4, 0.5) is 0 Å². The minimum atomic E-state index is -0.308. The van der Waals surface area contributed by atoms with Crippen LogP contribution in [0.15, 0.2) is 0 Å². The number of unbranched alkanes of at least 4 members (excludes halogenated alkanes) is 1. The summed E-state index contributed by atoms with van der Waals surface area (Å²) in [5.74, 6) is 0.790. The van der Waals surface area contributed by atoms with Gasteiger partial charge in [0.15, 0.2) is 0 Å². The van der Waals surface area contributed by atoms with E-state index in [2.05, 4.69) is 19.2 Å². The zero-order valence-electron chi connectivity index (χ0n) is 10.7. The maximum atomic E-state index is 11.8. The number of nitrogens with two attached hydrogens (primary N) is 1. The first-order valence-corrected chi connectivity index (χ1v) is 6.69. The van der Waals surface area contributed by atoms with Gasteiger partial charge in [0.05, 0.1) is 6.04 Å². The van der Waals surface area contributed by atoms with Crippen LogP contribution in [0.25, 0.3) is 0 Å². The molecule has 0 unspecified atom stereocenters. The normalized spacial score (nSPS) is 27.4.